The Labute approximate surface area is 277 Å². The van der Waals surface area contributed by atoms with Gasteiger partial charge in [-0.2, -0.15) is 0 Å². The predicted octanol–water partition coefficient (Wildman–Crippen LogP) is 7.86. The van der Waals surface area contributed by atoms with Gasteiger partial charge in [-0.3, -0.25) is 9.36 Å². The Morgan fingerprint density at radius 1 is 1.10 bits per heavy atom. The Morgan fingerprint density at radius 2 is 1.86 bits per heavy atom. The van der Waals surface area contributed by atoms with Crippen molar-refractivity contribution in [3.05, 3.63) is 126 Å². The molecule has 0 amide bonds. The summed E-state index contributed by atoms with van der Waals surface area (Å²) in [5, 5.41) is 1.43. The minimum absolute atomic E-state index is 0.174. The number of carbonyl (C=O) groups excluding carboxylic acids is 1. The third kappa shape index (κ3) is 6.27. The molecule has 0 radical (unpaired) electrons. The van der Waals surface area contributed by atoms with Gasteiger partial charge in [0.2, 0.25) is 0 Å². The molecule has 0 aliphatic carbocycles. The van der Waals surface area contributed by atoms with E-state index in [2.05, 4.69) is 36.9 Å². The molecule has 0 unspecified atom stereocenters. The first kappa shape index (κ1) is 31.0. The number of ether oxygens (including phenoxy) is 2. The molecule has 6 nitrogen and oxygen atoms in total. The third-order valence-electron chi connectivity index (χ3n) is 6.43. The van der Waals surface area contributed by atoms with Gasteiger partial charge in [0.1, 0.15) is 18.4 Å². The molecule has 0 N–H and O–H groups in total. The van der Waals surface area contributed by atoms with E-state index < -0.39 is 12.0 Å². The molecule has 0 fully saturated rings. The van der Waals surface area contributed by atoms with E-state index in [0.717, 1.165) is 10.0 Å². The van der Waals surface area contributed by atoms with Crippen molar-refractivity contribution in [3.63, 3.8) is 0 Å². The summed E-state index contributed by atoms with van der Waals surface area (Å²) in [6.45, 7) is 3.81. The first-order chi connectivity index (χ1) is 20.1. The Hall–Kier alpha value is -2.40. The van der Waals surface area contributed by atoms with Crippen LogP contribution in [-0.4, -0.2) is 17.1 Å². The van der Waals surface area contributed by atoms with E-state index >= 15 is 0 Å². The molecule has 5 rings (SSSR count). The van der Waals surface area contributed by atoms with Crippen LogP contribution in [0.25, 0.3) is 6.08 Å². The SMILES string of the molecule is CCOC(=O)C1=C(C)N=c2s/c(=C\c3cc(Br)cc(Br)c3OCc3ccc(Cl)cc3Cl)c(=O)n2[C@H]1c1ccccc1Cl. The first-order valence-corrected chi connectivity index (χ1v) is 16.1. The lowest BCUT2D eigenvalue weighted by atomic mass is 9.96. The van der Waals surface area contributed by atoms with Crippen LogP contribution in [-0.2, 0) is 16.1 Å². The molecule has 1 atom stereocenters. The standard InChI is InChI=1S/C30H21Br2Cl3N2O4S/c1-3-40-29(39)25-15(2)36-30-37(26(25)20-6-4-5-7-22(20)34)28(38)24(42-30)11-17-10-18(31)12-21(32)27(17)41-14-16-8-9-19(33)13-23(16)35/h4-13,26H,3,14H2,1-2H3/b24-11-/t26-/m0/s1. The van der Waals surface area contributed by atoms with Gasteiger partial charge in [-0.25, -0.2) is 9.79 Å². The molecule has 1 aromatic heterocycles. The van der Waals surface area contributed by atoms with Gasteiger partial charge >= 0.3 is 5.97 Å². The van der Waals surface area contributed by atoms with E-state index in [4.69, 9.17) is 44.3 Å². The van der Waals surface area contributed by atoms with Gasteiger partial charge in [-0.1, -0.05) is 86.3 Å². The molecule has 1 aliphatic rings. The molecule has 0 spiro atoms. The van der Waals surface area contributed by atoms with Gasteiger partial charge in [0.25, 0.3) is 5.56 Å². The van der Waals surface area contributed by atoms with E-state index in [1.165, 1.54) is 15.9 Å². The highest BCUT2D eigenvalue weighted by molar-refractivity contribution is 9.11. The Bertz CT molecular complexity index is 1940. The number of benzene rings is 3. The number of allylic oxidation sites excluding steroid dienone is 1. The normalized spacial score (nSPS) is 14.9. The van der Waals surface area contributed by atoms with Crippen LogP contribution in [0.5, 0.6) is 5.75 Å². The molecule has 1 aliphatic heterocycles. The summed E-state index contributed by atoms with van der Waals surface area (Å²) in [6, 6.07) is 15.2. The zero-order valence-corrected chi connectivity index (χ0v) is 28.3. The molecule has 0 saturated heterocycles. The summed E-state index contributed by atoms with van der Waals surface area (Å²) in [5.74, 6) is -0.0356. The number of esters is 1. The molecular formula is C30H21Br2Cl3N2O4S. The quantitative estimate of drug-likeness (QED) is 0.180. The second-order valence-corrected chi connectivity index (χ2v) is 13.2. The van der Waals surface area contributed by atoms with E-state index in [1.807, 2.05) is 18.2 Å². The Morgan fingerprint density at radius 3 is 2.57 bits per heavy atom. The minimum atomic E-state index is -0.812. The van der Waals surface area contributed by atoms with E-state index in [1.54, 1.807) is 56.3 Å². The maximum Gasteiger partial charge on any atom is 0.338 e. The maximum absolute atomic E-state index is 14.1. The monoisotopic (exact) mass is 768 g/mol. The summed E-state index contributed by atoms with van der Waals surface area (Å²) in [7, 11) is 0. The smallest absolute Gasteiger partial charge is 0.338 e. The van der Waals surface area contributed by atoms with Crippen molar-refractivity contribution in [1.29, 1.82) is 0 Å². The van der Waals surface area contributed by atoms with Gasteiger partial charge < -0.3 is 9.47 Å². The molecule has 0 bridgehead atoms. The van der Waals surface area contributed by atoms with Gasteiger partial charge in [0.05, 0.1) is 26.9 Å². The fourth-order valence-electron chi connectivity index (χ4n) is 4.55. The van der Waals surface area contributed by atoms with Crippen LogP contribution in [0.3, 0.4) is 0 Å². The highest BCUT2D eigenvalue weighted by atomic mass is 79.9. The number of thiazole rings is 1. The van der Waals surface area contributed by atoms with Crippen LogP contribution in [0, 0.1) is 0 Å². The number of hydrogen-bond donors (Lipinski definition) is 0. The van der Waals surface area contributed by atoms with Crippen molar-refractivity contribution in [2.24, 2.45) is 4.99 Å². The van der Waals surface area contributed by atoms with Crippen LogP contribution < -0.4 is 19.6 Å². The number of rotatable bonds is 7. The van der Waals surface area contributed by atoms with E-state index in [0.29, 0.717) is 51.4 Å². The number of hydrogen-bond acceptors (Lipinski definition) is 6. The molecular weight excluding hydrogens is 751 g/mol. The molecule has 42 heavy (non-hydrogen) atoms. The average Bonchev–Trinajstić information content (AvgIpc) is 3.23. The Kier molecular flexibility index (Phi) is 9.66. The fraction of sp³-hybridized carbons (Fsp3) is 0.167. The fourth-order valence-corrected chi connectivity index (χ4v) is 7.66. The van der Waals surface area contributed by atoms with Gasteiger partial charge in [-0.15, -0.1) is 0 Å². The molecule has 216 valence electrons. The van der Waals surface area contributed by atoms with Crippen LogP contribution in [0.4, 0.5) is 0 Å². The van der Waals surface area contributed by atoms with Crippen LogP contribution >= 0.6 is 78.0 Å². The van der Waals surface area contributed by atoms with Crippen LogP contribution in [0.1, 0.15) is 36.6 Å². The Balaban J connectivity index is 1.65. The van der Waals surface area contributed by atoms with Crippen molar-refractivity contribution in [2.45, 2.75) is 26.5 Å². The number of aromatic nitrogens is 1. The highest BCUT2D eigenvalue weighted by Crippen LogP contribution is 2.36. The predicted molar refractivity (Wildman–Crippen MR) is 174 cm³/mol. The summed E-state index contributed by atoms with van der Waals surface area (Å²) >= 11 is 27.3. The van der Waals surface area contributed by atoms with Gasteiger partial charge in [0, 0.05) is 30.7 Å². The zero-order valence-electron chi connectivity index (χ0n) is 22.1. The summed E-state index contributed by atoms with van der Waals surface area (Å²) in [6.07, 6.45) is 1.74. The molecule has 3 aromatic carbocycles. The minimum Gasteiger partial charge on any atom is -0.487 e. The van der Waals surface area contributed by atoms with Crippen molar-refractivity contribution in [1.82, 2.24) is 4.57 Å². The largest absolute Gasteiger partial charge is 0.487 e. The number of halogens is 5. The lowest BCUT2D eigenvalue weighted by Crippen LogP contribution is -2.40. The van der Waals surface area contributed by atoms with Crippen LogP contribution in [0.2, 0.25) is 15.1 Å². The molecule has 0 saturated carbocycles. The van der Waals surface area contributed by atoms with Gasteiger partial charge in [-0.05, 0) is 71.7 Å². The number of nitrogens with zero attached hydrogens (tertiary/aromatic N) is 2. The van der Waals surface area contributed by atoms with Crippen molar-refractivity contribution in [3.8, 4) is 5.75 Å². The maximum atomic E-state index is 14.1. The zero-order chi connectivity index (χ0) is 30.1. The van der Waals surface area contributed by atoms with E-state index in [-0.39, 0.29) is 24.3 Å². The molecule has 12 heteroatoms. The summed E-state index contributed by atoms with van der Waals surface area (Å²) in [5.41, 5.74) is 2.38. The second kappa shape index (κ2) is 13.1. The van der Waals surface area contributed by atoms with Crippen molar-refractivity contribution < 1.29 is 14.3 Å². The van der Waals surface area contributed by atoms with Crippen LogP contribution in [0.15, 0.2) is 84.6 Å². The van der Waals surface area contributed by atoms with Crippen molar-refractivity contribution in [2.75, 3.05) is 6.61 Å². The first-order valence-electron chi connectivity index (χ1n) is 12.6. The van der Waals surface area contributed by atoms with Gasteiger partial charge in [0.15, 0.2) is 4.80 Å². The molecule has 4 aromatic rings. The third-order valence-corrected chi connectivity index (χ3v) is 9.39. The number of carbonyl (C=O) groups is 1. The topological polar surface area (TPSA) is 69.9 Å². The summed E-state index contributed by atoms with van der Waals surface area (Å²) in [4.78, 5) is 32.2. The second-order valence-electron chi connectivity index (χ2n) is 9.15. The lowest BCUT2D eigenvalue weighted by Gasteiger charge is -2.25. The number of fused-ring (bicyclic) bond motifs is 1. The lowest BCUT2D eigenvalue weighted by molar-refractivity contribution is -0.139. The van der Waals surface area contributed by atoms with E-state index in [9.17, 15) is 9.59 Å². The highest BCUT2D eigenvalue weighted by Gasteiger charge is 2.34. The average molecular weight is 772 g/mol. The summed E-state index contributed by atoms with van der Waals surface area (Å²) < 4.78 is 14.9. The molecule has 2 heterocycles. The van der Waals surface area contributed by atoms with Crippen molar-refractivity contribution >= 4 is 90.0 Å².